The average molecular weight is 358 g/mol. The highest BCUT2D eigenvalue weighted by Crippen LogP contribution is 2.42. The molecule has 0 radical (unpaired) electrons. The van der Waals surface area contributed by atoms with Gasteiger partial charge < -0.3 is 0 Å². The van der Waals surface area contributed by atoms with Crippen molar-refractivity contribution in [2.45, 2.75) is 4.83 Å². The van der Waals surface area contributed by atoms with E-state index in [2.05, 4.69) is 15.9 Å². The van der Waals surface area contributed by atoms with Crippen molar-refractivity contribution in [1.29, 1.82) is 0 Å². The van der Waals surface area contributed by atoms with Gasteiger partial charge in [0.05, 0.1) is 13.5 Å². The number of hydrogen-bond donors (Lipinski definition) is 0. The maximum atomic E-state index is 13.6. The van der Waals surface area contributed by atoms with Crippen LogP contribution in [0, 0.1) is 11.6 Å². The van der Waals surface area contributed by atoms with E-state index in [1.54, 1.807) is 6.07 Å². The smallest absolute Gasteiger partial charge is 0.130 e. The maximum absolute atomic E-state index is 13.6. The van der Waals surface area contributed by atoms with Gasteiger partial charge in [-0.2, -0.15) is 0 Å². The van der Waals surface area contributed by atoms with Crippen molar-refractivity contribution in [3.63, 3.8) is 0 Å². The van der Waals surface area contributed by atoms with Gasteiger partial charge in [0.2, 0.25) is 0 Å². The van der Waals surface area contributed by atoms with Gasteiger partial charge in [0.15, 0.2) is 0 Å². The van der Waals surface area contributed by atoms with Gasteiger partial charge in [-0.1, -0.05) is 45.2 Å². The first-order valence-corrected chi connectivity index (χ1v) is 7.01. The predicted octanol–water partition coefficient (Wildman–Crippen LogP) is 5.82. The number of alkyl halides is 1. The molecule has 0 saturated carbocycles. The fourth-order valence-corrected chi connectivity index (χ4v) is 3.95. The van der Waals surface area contributed by atoms with Gasteiger partial charge in [0.25, 0.3) is 0 Å². The van der Waals surface area contributed by atoms with Gasteiger partial charge in [0, 0.05) is 17.2 Å². The first kappa shape index (κ1) is 13.3. The second-order valence-electron chi connectivity index (χ2n) is 3.31. The standard InChI is InChI=1S/C11H5BrCl2F2S/c12-10(7-4-9(13)17-11(7)14)6-2-1-5(15)3-8(6)16/h1-4,10H. The first-order valence-electron chi connectivity index (χ1n) is 4.53. The molecule has 0 N–H and O–H groups in total. The SMILES string of the molecule is Fc1ccc(C(Br)c2cc(Cl)sc2Cl)c(F)c1. The van der Waals surface area contributed by atoms with Crippen molar-refractivity contribution >= 4 is 50.5 Å². The van der Waals surface area contributed by atoms with Gasteiger partial charge >= 0.3 is 0 Å². The van der Waals surface area contributed by atoms with E-state index in [0.29, 0.717) is 19.8 Å². The zero-order valence-corrected chi connectivity index (χ0v) is 12.1. The third kappa shape index (κ3) is 2.81. The number of benzene rings is 1. The average Bonchev–Trinajstić information content (AvgIpc) is 2.57. The van der Waals surface area contributed by atoms with Crippen LogP contribution in [0.4, 0.5) is 8.78 Å². The molecule has 1 aromatic carbocycles. The predicted molar refractivity (Wildman–Crippen MR) is 71.5 cm³/mol. The largest absolute Gasteiger partial charge is 0.207 e. The number of hydrogen-bond acceptors (Lipinski definition) is 1. The van der Waals surface area contributed by atoms with Crippen LogP contribution >= 0.6 is 50.5 Å². The Hall–Kier alpha value is -0.160. The number of rotatable bonds is 2. The molecule has 0 nitrogen and oxygen atoms in total. The van der Waals surface area contributed by atoms with E-state index in [0.717, 1.165) is 6.07 Å². The highest BCUT2D eigenvalue weighted by Gasteiger charge is 2.20. The molecule has 0 aliphatic rings. The Labute approximate surface area is 119 Å². The van der Waals surface area contributed by atoms with Crippen LogP contribution in [-0.4, -0.2) is 0 Å². The van der Waals surface area contributed by atoms with E-state index >= 15 is 0 Å². The summed E-state index contributed by atoms with van der Waals surface area (Å²) in [6.07, 6.45) is 0. The van der Waals surface area contributed by atoms with Crippen LogP contribution in [0.5, 0.6) is 0 Å². The summed E-state index contributed by atoms with van der Waals surface area (Å²) in [6, 6.07) is 5.09. The van der Waals surface area contributed by atoms with Crippen molar-refractivity contribution in [2.75, 3.05) is 0 Å². The fraction of sp³-hybridized carbons (Fsp3) is 0.0909. The Bertz CT molecular complexity index is 556. The summed E-state index contributed by atoms with van der Waals surface area (Å²) in [4.78, 5) is -0.445. The minimum atomic E-state index is -0.620. The minimum Gasteiger partial charge on any atom is -0.207 e. The molecule has 2 aromatic rings. The minimum absolute atomic E-state index is 0.322. The maximum Gasteiger partial charge on any atom is 0.130 e. The summed E-state index contributed by atoms with van der Waals surface area (Å²) >= 11 is 16.3. The summed E-state index contributed by atoms with van der Waals surface area (Å²) in [5, 5.41) is 0. The van der Waals surface area contributed by atoms with Gasteiger partial charge in [-0.15, -0.1) is 11.3 Å². The first-order chi connectivity index (χ1) is 7.99. The molecule has 17 heavy (non-hydrogen) atoms. The number of thiophene rings is 1. The lowest BCUT2D eigenvalue weighted by atomic mass is 10.1. The van der Waals surface area contributed by atoms with Crippen molar-refractivity contribution in [1.82, 2.24) is 0 Å². The van der Waals surface area contributed by atoms with Crippen molar-refractivity contribution in [3.05, 3.63) is 55.7 Å². The summed E-state index contributed by atoms with van der Waals surface area (Å²) in [7, 11) is 0. The highest BCUT2D eigenvalue weighted by atomic mass is 79.9. The normalized spacial score (nSPS) is 12.8. The fourth-order valence-electron chi connectivity index (χ4n) is 1.40. The van der Waals surface area contributed by atoms with Crippen LogP contribution in [0.15, 0.2) is 24.3 Å². The summed E-state index contributed by atoms with van der Waals surface area (Å²) in [5.74, 6) is -1.23. The van der Waals surface area contributed by atoms with E-state index in [1.807, 2.05) is 0 Å². The van der Waals surface area contributed by atoms with Crippen LogP contribution < -0.4 is 0 Å². The third-order valence-electron chi connectivity index (χ3n) is 2.19. The van der Waals surface area contributed by atoms with Gasteiger partial charge in [0.1, 0.15) is 11.6 Å². The van der Waals surface area contributed by atoms with Gasteiger partial charge in [-0.3, -0.25) is 0 Å². The lowest BCUT2D eigenvalue weighted by Crippen LogP contribution is -1.96. The Morgan fingerprint density at radius 2 is 1.82 bits per heavy atom. The molecule has 2 rings (SSSR count). The molecule has 0 spiro atoms. The molecule has 0 amide bonds. The monoisotopic (exact) mass is 356 g/mol. The zero-order chi connectivity index (χ0) is 12.6. The molecule has 1 unspecified atom stereocenters. The molecule has 90 valence electrons. The molecule has 0 aliphatic carbocycles. The van der Waals surface area contributed by atoms with E-state index in [-0.39, 0.29) is 0 Å². The molecular formula is C11H5BrCl2F2S. The Balaban J connectivity index is 2.43. The van der Waals surface area contributed by atoms with Crippen molar-refractivity contribution < 1.29 is 8.78 Å². The molecule has 0 saturated heterocycles. The molecular weight excluding hydrogens is 353 g/mol. The van der Waals surface area contributed by atoms with Crippen LogP contribution in [0.1, 0.15) is 16.0 Å². The van der Waals surface area contributed by atoms with E-state index in [4.69, 9.17) is 23.2 Å². The second-order valence-corrected chi connectivity index (χ2v) is 6.51. The zero-order valence-electron chi connectivity index (χ0n) is 8.18. The molecule has 1 heterocycles. The Morgan fingerprint density at radius 1 is 1.12 bits per heavy atom. The Kier molecular flexibility index (Phi) is 4.08. The lowest BCUT2D eigenvalue weighted by Gasteiger charge is -2.10. The van der Waals surface area contributed by atoms with Crippen LogP contribution in [-0.2, 0) is 0 Å². The molecule has 0 bridgehead atoms. The second kappa shape index (κ2) is 5.22. The van der Waals surface area contributed by atoms with Crippen molar-refractivity contribution in [2.24, 2.45) is 0 Å². The van der Waals surface area contributed by atoms with Gasteiger partial charge in [-0.25, -0.2) is 8.78 Å². The molecule has 6 heteroatoms. The molecule has 0 aliphatic heterocycles. The summed E-state index contributed by atoms with van der Waals surface area (Å²) in [5.41, 5.74) is 0.995. The van der Waals surface area contributed by atoms with Crippen LogP contribution in [0.2, 0.25) is 8.67 Å². The lowest BCUT2D eigenvalue weighted by molar-refractivity contribution is 0.574. The summed E-state index contributed by atoms with van der Waals surface area (Å²) < 4.78 is 27.4. The topological polar surface area (TPSA) is 0 Å². The molecule has 0 fully saturated rings. The van der Waals surface area contributed by atoms with Crippen LogP contribution in [0.3, 0.4) is 0 Å². The quantitative estimate of drug-likeness (QED) is 0.594. The Morgan fingerprint density at radius 3 is 2.35 bits per heavy atom. The highest BCUT2D eigenvalue weighted by molar-refractivity contribution is 9.09. The van der Waals surface area contributed by atoms with E-state index in [9.17, 15) is 8.78 Å². The van der Waals surface area contributed by atoms with Crippen LogP contribution in [0.25, 0.3) is 0 Å². The number of halogens is 5. The third-order valence-corrected chi connectivity index (χ3v) is 4.70. The molecule has 1 atom stereocenters. The van der Waals surface area contributed by atoms with E-state index in [1.165, 1.54) is 23.5 Å². The molecule has 1 aromatic heterocycles. The van der Waals surface area contributed by atoms with Crippen molar-refractivity contribution in [3.8, 4) is 0 Å². The van der Waals surface area contributed by atoms with Gasteiger partial charge in [-0.05, 0) is 12.1 Å². The summed E-state index contributed by atoms with van der Waals surface area (Å²) in [6.45, 7) is 0. The van der Waals surface area contributed by atoms with E-state index < -0.39 is 16.5 Å².